The van der Waals surface area contributed by atoms with Crippen LogP contribution in [0.15, 0.2) is 4.99 Å². The second-order valence-corrected chi connectivity index (χ2v) is 4.96. The Kier molecular flexibility index (Phi) is 10.7. The summed E-state index contributed by atoms with van der Waals surface area (Å²) in [5.41, 5.74) is 0. The maximum absolute atomic E-state index is 4.24. The summed E-state index contributed by atoms with van der Waals surface area (Å²) in [6.07, 6.45) is 8.66. The van der Waals surface area contributed by atoms with E-state index in [1.54, 1.807) is 0 Å². The first kappa shape index (κ1) is 16.4. The molecule has 16 heavy (non-hydrogen) atoms. The maximum Gasteiger partial charge on any atom is 0.191 e. The van der Waals surface area contributed by atoms with Crippen LogP contribution in [0.5, 0.6) is 0 Å². The molecule has 5 heteroatoms. The van der Waals surface area contributed by atoms with E-state index in [1.807, 2.05) is 18.8 Å². The average Bonchev–Trinajstić information content (AvgIpc) is 2.75. The lowest BCUT2D eigenvalue weighted by atomic mass is 10.2. The summed E-state index contributed by atoms with van der Waals surface area (Å²) in [5.74, 6) is 2.19. The normalized spacial score (nSPS) is 17.0. The lowest BCUT2D eigenvalue weighted by molar-refractivity contribution is 0.613. The molecule has 0 aromatic rings. The molecule has 0 bridgehead atoms. The number of nitrogens with one attached hydrogen (secondary N) is 2. The zero-order chi connectivity index (χ0) is 10.9. The highest BCUT2D eigenvalue weighted by Gasteiger charge is 2.15. The number of rotatable bonds is 5. The molecule has 1 saturated carbocycles. The summed E-state index contributed by atoms with van der Waals surface area (Å²) in [4.78, 5) is 4.24. The Morgan fingerprint density at radius 2 is 2.06 bits per heavy atom. The van der Waals surface area contributed by atoms with Crippen LogP contribution in [0.25, 0.3) is 0 Å². The molecule has 1 aliphatic carbocycles. The van der Waals surface area contributed by atoms with E-state index < -0.39 is 0 Å². The minimum atomic E-state index is 0. The largest absolute Gasteiger partial charge is 0.356 e. The topological polar surface area (TPSA) is 36.4 Å². The molecule has 0 aliphatic heterocycles. The number of hydrogen-bond acceptors (Lipinski definition) is 2. The molecule has 0 unspecified atom stereocenters. The van der Waals surface area contributed by atoms with Gasteiger partial charge in [0.1, 0.15) is 0 Å². The van der Waals surface area contributed by atoms with Gasteiger partial charge in [-0.05, 0) is 31.3 Å². The molecule has 0 atom stereocenters. The van der Waals surface area contributed by atoms with Gasteiger partial charge in [-0.2, -0.15) is 11.8 Å². The Bertz CT molecular complexity index is 194. The van der Waals surface area contributed by atoms with E-state index in [0.717, 1.165) is 12.5 Å². The van der Waals surface area contributed by atoms with Crippen molar-refractivity contribution < 1.29 is 0 Å². The third-order valence-electron chi connectivity index (χ3n) is 2.74. The lowest BCUT2D eigenvalue weighted by Gasteiger charge is -2.16. The average molecular weight is 357 g/mol. The molecule has 2 N–H and O–H groups in total. The van der Waals surface area contributed by atoms with Crippen molar-refractivity contribution in [1.82, 2.24) is 10.6 Å². The van der Waals surface area contributed by atoms with Crippen LogP contribution in [0, 0.1) is 0 Å². The first-order chi connectivity index (χ1) is 7.36. The van der Waals surface area contributed by atoms with Gasteiger partial charge in [0.05, 0.1) is 0 Å². The van der Waals surface area contributed by atoms with Gasteiger partial charge < -0.3 is 10.6 Å². The van der Waals surface area contributed by atoms with Gasteiger partial charge in [-0.1, -0.05) is 12.8 Å². The SMILES string of the molecule is CN=C(NCCCSC)NC1CCCC1.I. The molecule has 0 radical (unpaired) electrons. The highest BCUT2D eigenvalue weighted by Crippen LogP contribution is 2.17. The Hall–Kier alpha value is 0.350. The van der Waals surface area contributed by atoms with Gasteiger partial charge >= 0.3 is 0 Å². The van der Waals surface area contributed by atoms with E-state index in [0.29, 0.717) is 6.04 Å². The van der Waals surface area contributed by atoms with E-state index in [9.17, 15) is 0 Å². The molecule has 0 aromatic heterocycles. The third kappa shape index (κ3) is 6.83. The predicted molar refractivity (Wildman–Crippen MR) is 85.2 cm³/mol. The van der Waals surface area contributed by atoms with Crippen molar-refractivity contribution >= 4 is 41.7 Å². The molecule has 1 fully saturated rings. The summed E-state index contributed by atoms with van der Waals surface area (Å²) in [7, 11) is 1.85. The molecule has 0 heterocycles. The molecule has 3 nitrogen and oxygen atoms in total. The number of aliphatic imine (C=N–C) groups is 1. The second kappa shape index (κ2) is 10.5. The summed E-state index contributed by atoms with van der Waals surface area (Å²) >= 11 is 1.89. The monoisotopic (exact) mass is 357 g/mol. The quantitative estimate of drug-likeness (QED) is 0.344. The van der Waals surface area contributed by atoms with Crippen LogP contribution in [-0.4, -0.2) is 37.6 Å². The van der Waals surface area contributed by atoms with Crippen LogP contribution in [0.1, 0.15) is 32.1 Å². The Morgan fingerprint density at radius 3 is 2.62 bits per heavy atom. The smallest absolute Gasteiger partial charge is 0.191 e. The molecule has 1 aliphatic rings. The van der Waals surface area contributed by atoms with Crippen LogP contribution in [-0.2, 0) is 0 Å². The van der Waals surface area contributed by atoms with Crippen molar-refractivity contribution in [2.24, 2.45) is 4.99 Å². The van der Waals surface area contributed by atoms with Crippen LogP contribution in [0.2, 0.25) is 0 Å². The van der Waals surface area contributed by atoms with Crippen LogP contribution in [0.4, 0.5) is 0 Å². The number of thioether (sulfide) groups is 1. The van der Waals surface area contributed by atoms with E-state index in [2.05, 4.69) is 21.9 Å². The molecule has 0 saturated heterocycles. The van der Waals surface area contributed by atoms with Gasteiger partial charge in [0.15, 0.2) is 5.96 Å². The summed E-state index contributed by atoms with van der Waals surface area (Å²) in [6, 6.07) is 0.650. The van der Waals surface area contributed by atoms with Gasteiger partial charge in [0.2, 0.25) is 0 Å². The first-order valence-corrected chi connectivity index (χ1v) is 7.22. The standard InChI is InChI=1S/C11H23N3S.HI/c1-12-11(13-8-5-9-15-2)14-10-6-3-4-7-10;/h10H,3-9H2,1-2H3,(H2,12,13,14);1H. The van der Waals surface area contributed by atoms with Crippen molar-refractivity contribution in [3.63, 3.8) is 0 Å². The van der Waals surface area contributed by atoms with Gasteiger partial charge in [-0.15, -0.1) is 24.0 Å². The summed E-state index contributed by atoms with van der Waals surface area (Å²) in [5, 5.41) is 6.83. The number of nitrogens with zero attached hydrogens (tertiary/aromatic N) is 1. The van der Waals surface area contributed by atoms with Gasteiger partial charge in [-0.3, -0.25) is 4.99 Å². The van der Waals surface area contributed by atoms with Crippen LogP contribution in [0.3, 0.4) is 0 Å². The summed E-state index contributed by atoms with van der Waals surface area (Å²) in [6.45, 7) is 1.02. The maximum atomic E-state index is 4.24. The van der Waals surface area contributed by atoms with Crippen LogP contribution < -0.4 is 10.6 Å². The van der Waals surface area contributed by atoms with Crippen molar-refractivity contribution in [1.29, 1.82) is 0 Å². The zero-order valence-corrected chi connectivity index (χ0v) is 13.4. The molecule has 1 rings (SSSR count). The fourth-order valence-corrected chi connectivity index (χ4v) is 2.31. The lowest BCUT2D eigenvalue weighted by Crippen LogP contribution is -2.42. The highest BCUT2D eigenvalue weighted by atomic mass is 127. The third-order valence-corrected chi connectivity index (χ3v) is 3.43. The van der Waals surface area contributed by atoms with Crippen molar-refractivity contribution in [2.75, 3.05) is 25.6 Å². The van der Waals surface area contributed by atoms with Gasteiger partial charge in [0, 0.05) is 19.6 Å². The highest BCUT2D eigenvalue weighted by molar-refractivity contribution is 14.0. The molecule has 0 amide bonds. The van der Waals surface area contributed by atoms with Crippen LogP contribution >= 0.6 is 35.7 Å². The number of halogens is 1. The molecule has 0 spiro atoms. The fraction of sp³-hybridized carbons (Fsp3) is 0.909. The Labute approximate surface area is 121 Å². The Balaban J connectivity index is 0.00000225. The van der Waals surface area contributed by atoms with E-state index >= 15 is 0 Å². The summed E-state index contributed by atoms with van der Waals surface area (Å²) < 4.78 is 0. The fourth-order valence-electron chi connectivity index (χ4n) is 1.88. The number of hydrogen-bond donors (Lipinski definition) is 2. The van der Waals surface area contributed by atoms with Crippen molar-refractivity contribution in [3.8, 4) is 0 Å². The molecular weight excluding hydrogens is 333 g/mol. The van der Waals surface area contributed by atoms with E-state index in [4.69, 9.17) is 0 Å². The molecule has 0 aromatic carbocycles. The van der Waals surface area contributed by atoms with Crippen molar-refractivity contribution in [3.05, 3.63) is 0 Å². The van der Waals surface area contributed by atoms with Gasteiger partial charge in [0.25, 0.3) is 0 Å². The minimum Gasteiger partial charge on any atom is -0.356 e. The number of guanidine groups is 1. The first-order valence-electron chi connectivity index (χ1n) is 5.83. The van der Waals surface area contributed by atoms with Crippen molar-refractivity contribution in [2.45, 2.75) is 38.1 Å². The molecule has 96 valence electrons. The van der Waals surface area contributed by atoms with E-state index in [1.165, 1.54) is 37.9 Å². The molecular formula is C11H24IN3S. The Morgan fingerprint density at radius 1 is 1.38 bits per heavy atom. The minimum absolute atomic E-state index is 0. The second-order valence-electron chi connectivity index (χ2n) is 3.97. The van der Waals surface area contributed by atoms with E-state index in [-0.39, 0.29) is 24.0 Å². The predicted octanol–water partition coefficient (Wildman–Crippen LogP) is 2.47. The zero-order valence-electron chi connectivity index (χ0n) is 10.3. The van der Waals surface area contributed by atoms with Gasteiger partial charge in [-0.25, -0.2) is 0 Å².